The molecule has 1 aromatic heterocycles. The third-order valence-electron chi connectivity index (χ3n) is 4.31. The Balaban J connectivity index is 1.68. The molecule has 7 heteroatoms. The first-order valence-corrected chi connectivity index (χ1v) is 9.41. The molecule has 7 nitrogen and oxygen atoms in total. The molecular weight excluding hydrogens is 368 g/mol. The fourth-order valence-electron chi connectivity index (χ4n) is 2.93. The molecule has 3 rings (SSSR count). The van der Waals surface area contributed by atoms with Gasteiger partial charge in [-0.15, -0.1) is 0 Å². The van der Waals surface area contributed by atoms with Crippen molar-refractivity contribution in [1.29, 1.82) is 0 Å². The lowest BCUT2D eigenvalue weighted by Gasteiger charge is -2.20. The SMILES string of the molecule is COc1cc(-c2cn[nH]c2)ccc1NC(=O)N(C)Cc1cccc(OC(C)C)c1. The molecular formula is C22H26N4O3. The van der Waals surface area contributed by atoms with Gasteiger partial charge in [0, 0.05) is 25.4 Å². The average molecular weight is 394 g/mol. The van der Waals surface area contributed by atoms with Gasteiger partial charge in [0.25, 0.3) is 0 Å². The highest BCUT2D eigenvalue weighted by atomic mass is 16.5. The molecule has 0 bridgehead atoms. The van der Waals surface area contributed by atoms with Crippen LogP contribution in [0.3, 0.4) is 0 Å². The van der Waals surface area contributed by atoms with Crippen LogP contribution in [0, 0.1) is 0 Å². The van der Waals surface area contributed by atoms with E-state index < -0.39 is 0 Å². The van der Waals surface area contributed by atoms with Crippen molar-refractivity contribution in [3.63, 3.8) is 0 Å². The van der Waals surface area contributed by atoms with Gasteiger partial charge in [-0.1, -0.05) is 18.2 Å². The summed E-state index contributed by atoms with van der Waals surface area (Å²) in [6.07, 6.45) is 3.64. The number of urea groups is 1. The summed E-state index contributed by atoms with van der Waals surface area (Å²) < 4.78 is 11.2. The molecule has 0 aliphatic carbocycles. The minimum atomic E-state index is -0.227. The van der Waals surface area contributed by atoms with Crippen molar-refractivity contribution in [3.05, 3.63) is 60.4 Å². The summed E-state index contributed by atoms with van der Waals surface area (Å²) in [6.45, 7) is 4.42. The summed E-state index contributed by atoms with van der Waals surface area (Å²) >= 11 is 0. The lowest BCUT2D eigenvalue weighted by molar-refractivity contribution is 0.220. The van der Waals surface area contributed by atoms with Crippen molar-refractivity contribution < 1.29 is 14.3 Å². The Morgan fingerprint density at radius 3 is 2.72 bits per heavy atom. The molecule has 0 atom stereocenters. The van der Waals surface area contributed by atoms with E-state index in [1.54, 1.807) is 31.5 Å². The molecule has 2 amide bonds. The number of rotatable bonds is 7. The third kappa shape index (κ3) is 5.28. The van der Waals surface area contributed by atoms with E-state index in [0.717, 1.165) is 22.4 Å². The number of hydrogen-bond donors (Lipinski definition) is 2. The summed E-state index contributed by atoms with van der Waals surface area (Å²) in [6, 6.07) is 13.1. The molecule has 29 heavy (non-hydrogen) atoms. The van der Waals surface area contributed by atoms with Crippen molar-refractivity contribution in [2.45, 2.75) is 26.5 Å². The van der Waals surface area contributed by atoms with Gasteiger partial charge in [0.2, 0.25) is 0 Å². The minimum absolute atomic E-state index is 0.101. The fourth-order valence-corrected chi connectivity index (χ4v) is 2.93. The van der Waals surface area contributed by atoms with Crippen molar-refractivity contribution in [1.82, 2.24) is 15.1 Å². The Kier molecular flexibility index (Phi) is 6.39. The van der Waals surface area contributed by atoms with E-state index in [0.29, 0.717) is 18.0 Å². The van der Waals surface area contributed by atoms with Crippen LogP contribution in [0.5, 0.6) is 11.5 Å². The van der Waals surface area contributed by atoms with Gasteiger partial charge in [0.15, 0.2) is 0 Å². The van der Waals surface area contributed by atoms with E-state index in [1.165, 1.54) is 0 Å². The Morgan fingerprint density at radius 1 is 1.21 bits per heavy atom. The second-order valence-electron chi connectivity index (χ2n) is 7.00. The first-order chi connectivity index (χ1) is 14.0. The Labute approximate surface area is 170 Å². The van der Waals surface area contributed by atoms with Crippen LogP contribution in [0.1, 0.15) is 19.4 Å². The molecule has 1 heterocycles. The quantitative estimate of drug-likeness (QED) is 0.617. The van der Waals surface area contributed by atoms with Crippen LogP contribution < -0.4 is 14.8 Å². The second-order valence-corrected chi connectivity index (χ2v) is 7.00. The van der Waals surface area contributed by atoms with Gasteiger partial charge < -0.3 is 19.7 Å². The molecule has 2 N–H and O–H groups in total. The highest BCUT2D eigenvalue weighted by Crippen LogP contribution is 2.30. The number of benzene rings is 2. The van der Waals surface area contributed by atoms with Gasteiger partial charge in [-0.05, 0) is 49.2 Å². The predicted octanol–water partition coefficient (Wildman–Crippen LogP) is 4.54. The molecule has 0 unspecified atom stereocenters. The van der Waals surface area contributed by atoms with Gasteiger partial charge in [-0.2, -0.15) is 5.10 Å². The summed E-state index contributed by atoms with van der Waals surface area (Å²) in [5.74, 6) is 1.38. The van der Waals surface area contributed by atoms with Crippen LogP contribution in [0.4, 0.5) is 10.5 Å². The van der Waals surface area contributed by atoms with Crippen molar-refractivity contribution >= 4 is 11.7 Å². The molecule has 152 valence electrons. The van der Waals surface area contributed by atoms with Crippen LogP contribution in [-0.4, -0.2) is 41.4 Å². The number of carbonyl (C=O) groups excluding carboxylic acids is 1. The first-order valence-electron chi connectivity index (χ1n) is 9.41. The molecule has 3 aromatic rings. The number of hydrogen-bond acceptors (Lipinski definition) is 4. The van der Waals surface area contributed by atoms with E-state index >= 15 is 0 Å². The maximum absolute atomic E-state index is 12.7. The number of ether oxygens (including phenoxy) is 2. The summed E-state index contributed by atoms with van der Waals surface area (Å²) in [4.78, 5) is 14.3. The molecule has 0 saturated carbocycles. The number of nitrogens with zero attached hydrogens (tertiary/aromatic N) is 2. The zero-order chi connectivity index (χ0) is 20.8. The minimum Gasteiger partial charge on any atom is -0.495 e. The molecule has 2 aromatic carbocycles. The van der Waals surface area contributed by atoms with Crippen LogP contribution in [0.2, 0.25) is 0 Å². The van der Waals surface area contributed by atoms with E-state index in [2.05, 4.69) is 15.5 Å². The smallest absolute Gasteiger partial charge is 0.321 e. The number of methoxy groups -OCH3 is 1. The second kappa shape index (κ2) is 9.14. The van der Waals surface area contributed by atoms with Gasteiger partial charge in [0.05, 0.1) is 25.1 Å². The molecule has 0 fully saturated rings. The number of H-pyrrole nitrogens is 1. The van der Waals surface area contributed by atoms with Crippen molar-refractivity contribution in [2.75, 3.05) is 19.5 Å². The Morgan fingerprint density at radius 2 is 2.03 bits per heavy atom. The number of nitrogens with one attached hydrogen (secondary N) is 2. The maximum atomic E-state index is 12.7. The maximum Gasteiger partial charge on any atom is 0.321 e. The Hall–Kier alpha value is -3.48. The zero-order valence-electron chi connectivity index (χ0n) is 17.1. The molecule has 0 aliphatic rings. The standard InChI is InChI=1S/C22H26N4O3/c1-15(2)29-19-7-5-6-16(10-19)14-26(3)22(27)25-20-9-8-17(11-21(20)28-4)18-12-23-24-13-18/h5-13,15H,14H2,1-4H3,(H,23,24)(H,25,27). The molecule has 0 aliphatic heterocycles. The van der Waals surface area contributed by atoms with Gasteiger partial charge in [-0.3, -0.25) is 5.10 Å². The lowest BCUT2D eigenvalue weighted by Crippen LogP contribution is -2.31. The lowest BCUT2D eigenvalue weighted by atomic mass is 10.1. The van der Waals surface area contributed by atoms with Crippen LogP contribution >= 0.6 is 0 Å². The zero-order valence-corrected chi connectivity index (χ0v) is 17.1. The highest BCUT2D eigenvalue weighted by molar-refractivity contribution is 5.91. The van der Waals surface area contributed by atoms with Crippen LogP contribution in [0.25, 0.3) is 11.1 Å². The summed E-state index contributed by atoms with van der Waals surface area (Å²) in [5.41, 5.74) is 3.49. The third-order valence-corrected chi connectivity index (χ3v) is 4.31. The normalized spacial score (nSPS) is 10.7. The van der Waals surface area contributed by atoms with E-state index in [1.807, 2.05) is 56.3 Å². The number of carbonyl (C=O) groups is 1. The number of aromatic amines is 1. The van der Waals surface area contributed by atoms with E-state index in [9.17, 15) is 4.79 Å². The fraction of sp³-hybridized carbons (Fsp3) is 0.273. The summed E-state index contributed by atoms with van der Waals surface area (Å²) in [5, 5.41) is 9.66. The first kappa shape index (κ1) is 20.3. The van der Waals surface area contributed by atoms with Gasteiger partial charge in [-0.25, -0.2) is 4.79 Å². The van der Waals surface area contributed by atoms with Crippen molar-refractivity contribution in [3.8, 4) is 22.6 Å². The summed E-state index contributed by atoms with van der Waals surface area (Å²) in [7, 11) is 3.33. The molecule has 0 spiro atoms. The molecule has 0 radical (unpaired) electrons. The predicted molar refractivity (Wildman–Crippen MR) is 113 cm³/mol. The van der Waals surface area contributed by atoms with Gasteiger partial charge >= 0.3 is 6.03 Å². The Bertz CT molecular complexity index is 954. The van der Waals surface area contributed by atoms with Crippen LogP contribution in [0.15, 0.2) is 54.9 Å². The number of aromatic nitrogens is 2. The highest BCUT2D eigenvalue weighted by Gasteiger charge is 2.14. The van der Waals surface area contributed by atoms with E-state index in [-0.39, 0.29) is 12.1 Å². The topological polar surface area (TPSA) is 79.5 Å². The monoisotopic (exact) mass is 394 g/mol. The van der Waals surface area contributed by atoms with Gasteiger partial charge in [0.1, 0.15) is 11.5 Å². The van der Waals surface area contributed by atoms with Crippen LogP contribution in [-0.2, 0) is 6.54 Å². The van der Waals surface area contributed by atoms with E-state index in [4.69, 9.17) is 9.47 Å². The molecule has 0 saturated heterocycles. The largest absolute Gasteiger partial charge is 0.495 e. The number of anilines is 1. The average Bonchev–Trinajstić information content (AvgIpc) is 3.22. The van der Waals surface area contributed by atoms with Crippen molar-refractivity contribution in [2.24, 2.45) is 0 Å². The number of amides is 2.